The van der Waals surface area contributed by atoms with Gasteiger partial charge in [0.15, 0.2) is 0 Å². The number of hydrogen-bond donors (Lipinski definition) is 1. The highest BCUT2D eigenvalue weighted by Gasteiger charge is 2.57. The van der Waals surface area contributed by atoms with E-state index in [0.29, 0.717) is 21.2 Å². The third kappa shape index (κ3) is 5.14. The van der Waals surface area contributed by atoms with Gasteiger partial charge >= 0.3 is 4.87 Å². The Morgan fingerprint density at radius 1 is 1.02 bits per heavy atom. The Labute approximate surface area is 262 Å². The van der Waals surface area contributed by atoms with Crippen molar-refractivity contribution in [1.29, 1.82) is 0 Å². The lowest BCUT2D eigenvalue weighted by atomic mass is 9.83. The number of carbonyl (C=O) groups excluding carboxylic acids is 3. The molecule has 3 atom stereocenters. The number of nitro groups is 1. The number of aryl methyl sites for hydroxylation is 1. The summed E-state index contributed by atoms with van der Waals surface area (Å²) in [7, 11) is 0. The lowest BCUT2D eigenvalue weighted by Gasteiger charge is -2.31. The van der Waals surface area contributed by atoms with Gasteiger partial charge < -0.3 is 5.32 Å². The van der Waals surface area contributed by atoms with Crippen LogP contribution in [0, 0.1) is 23.0 Å². The van der Waals surface area contributed by atoms with Crippen molar-refractivity contribution in [2.24, 2.45) is 5.92 Å². The van der Waals surface area contributed by atoms with Crippen LogP contribution in [0.5, 0.6) is 0 Å². The molecule has 1 aromatic heterocycles. The van der Waals surface area contributed by atoms with Gasteiger partial charge in [-0.1, -0.05) is 70.6 Å². The van der Waals surface area contributed by atoms with Gasteiger partial charge in [-0.25, -0.2) is 4.90 Å². The van der Waals surface area contributed by atoms with E-state index in [-0.39, 0.29) is 28.0 Å². The Morgan fingerprint density at radius 3 is 2.44 bits per heavy atom. The predicted octanol–water partition coefficient (Wildman–Crippen LogP) is 5.87. The molecule has 0 radical (unpaired) electrons. The zero-order valence-electron chi connectivity index (χ0n) is 22.2. The van der Waals surface area contributed by atoms with Crippen LogP contribution in [0.2, 0.25) is 10.0 Å². The van der Waals surface area contributed by atoms with E-state index >= 15 is 0 Å². The number of nitro benzene ring substituents is 1. The molecule has 3 amide bonds. The summed E-state index contributed by atoms with van der Waals surface area (Å²) in [4.78, 5) is 65.9. The maximum Gasteiger partial charge on any atom is 0.308 e. The molecule has 1 saturated heterocycles. The van der Waals surface area contributed by atoms with Gasteiger partial charge in [-0.2, -0.15) is 0 Å². The fourth-order valence-corrected chi connectivity index (χ4v) is 8.59. The lowest BCUT2D eigenvalue weighted by molar-refractivity contribution is -0.384. The molecular formula is C29H20Cl2N4O6S2. The van der Waals surface area contributed by atoms with Crippen LogP contribution in [-0.4, -0.2) is 32.5 Å². The quantitative estimate of drug-likeness (QED) is 0.156. The summed E-state index contributed by atoms with van der Waals surface area (Å²) in [5, 5.41) is 13.8. The topological polar surface area (TPSA) is 132 Å². The number of halogens is 2. The second kappa shape index (κ2) is 11.3. The SMILES string of the molecule is Cc1cccc(NC(=O)Cn2c3c(sc2=O)[C@H](c2cccc(Cl)c2Cl)C2C(=O)N(c4ccc([N+](=O)[O-])cc4)C(=O)C2S3)c1. The van der Waals surface area contributed by atoms with Gasteiger partial charge in [-0.15, -0.1) is 0 Å². The Morgan fingerprint density at radius 2 is 1.74 bits per heavy atom. The fraction of sp³-hybridized carbons (Fsp3) is 0.172. The van der Waals surface area contributed by atoms with Crippen LogP contribution in [0.1, 0.15) is 21.9 Å². The van der Waals surface area contributed by atoms with Gasteiger partial charge in [-0.3, -0.25) is 33.9 Å². The van der Waals surface area contributed by atoms with E-state index in [1.807, 2.05) is 13.0 Å². The number of benzene rings is 3. The molecule has 0 aliphatic carbocycles. The predicted molar refractivity (Wildman–Crippen MR) is 165 cm³/mol. The molecule has 4 aromatic rings. The van der Waals surface area contributed by atoms with Crippen molar-refractivity contribution in [3.8, 4) is 0 Å². The summed E-state index contributed by atoms with van der Waals surface area (Å²) in [6, 6.07) is 17.3. The number of imide groups is 1. The summed E-state index contributed by atoms with van der Waals surface area (Å²) in [5.41, 5.74) is 2.00. The second-order valence-electron chi connectivity index (χ2n) is 10.0. The number of rotatable bonds is 6. The molecule has 43 heavy (non-hydrogen) atoms. The second-order valence-corrected chi connectivity index (χ2v) is 12.9. The van der Waals surface area contributed by atoms with E-state index in [1.165, 1.54) is 28.8 Å². The van der Waals surface area contributed by atoms with Crippen LogP contribution < -0.4 is 15.1 Å². The van der Waals surface area contributed by atoms with E-state index in [4.69, 9.17) is 23.2 Å². The minimum atomic E-state index is -0.963. The number of nitrogens with zero attached hydrogens (tertiary/aromatic N) is 3. The number of fused-ring (bicyclic) bond motifs is 2. The number of amides is 3. The first-order chi connectivity index (χ1) is 20.5. The number of nitrogens with one attached hydrogen (secondary N) is 1. The normalized spacial score (nSPS) is 19.2. The van der Waals surface area contributed by atoms with Gasteiger partial charge in [0.1, 0.15) is 11.8 Å². The number of thioether (sulfide) groups is 1. The molecule has 0 spiro atoms. The smallest absolute Gasteiger partial charge is 0.308 e. The van der Waals surface area contributed by atoms with Crippen molar-refractivity contribution in [3.05, 3.63) is 113 Å². The molecular weight excluding hydrogens is 635 g/mol. The first kappa shape index (κ1) is 29.1. The molecule has 6 rings (SSSR count). The highest BCUT2D eigenvalue weighted by Crippen LogP contribution is 2.55. The number of anilines is 2. The molecule has 3 aromatic carbocycles. The molecule has 1 N–H and O–H groups in total. The van der Waals surface area contributed by atoms with Crippen LogP contribution in [0.25, 0.3) is 0 Å². The van der Waals surface area contributed by atoms with Crippen LogP contribution in [-0.2, 0) is 20.9 Å². The largest absolute Gasteiger partial charge is 0.325 e. The Balaban J connectivity index is 1.43. The van der Waals surface area contributed by atoms with Crippen molar-refractivity contribution in [3.63, 3.8) is 0 Å². The first-order valence-corrected chi connectivity index (χ1v) is 15.3. The van der Waals surface area contributed by atoms with Crippen molar-refractivity contribution in [2.45, 2.75) is 29.7 Å². The minimum Gasteiger partial charge on any atom is -0.325 e. The molecule has 2 unspecified atom stereocenters. The molecule has 1 fully saturated rings. The lowest BCUT2D eigenvalue weighted by Crippen LogP contribution is -2.33. The van der Waals surface area contributed by atoms with Crippen molar-refractivity contribution < 1.29 is 19.3 Å². The van der Waals surface area contributed by atoms with Crippen LogP contribution in [0.4, 0.5) is 17.1 Å². The number of non-ortho nitro benzene ring substituents is 1. The Kier molecular flexibility index (Phi) is 7.63. The maximum atomic E-state index is 14.0. The summed E-state index contributed by atoms with van der Waals surface area (Å²) < 4.78 is 1.31. The summed E-state index contributed by atoms with van der Waals surface area (Å²) >= 11 is 14.9. The number of carbonyl (C=O) groups is 3. The maximum absolute atomic E-state index is 14.0. The molecule has 218 valence electrons. The standard InChI is InChI=1S/C29H20Cl2N4O6S2/c1-14-4-2-5-15(12-14)32-20(36)13-33-28-25(43-29(33)39)21(18-6-3-7-19(30)23(18)31)22-24(42-28)27(38)34(26(22)37)16-8-10-17(11-9-16)35(40)41/h2-12,21-22,24H,13H2,1H3,(H,32,36)/t21-,22?,24?/m1/s1. The molecule has 2 aliphatic heterocycles. The zero-order chi connectivity index (χ0) is 30.6. The van der Waals surface area contributed by atoms with E-state index in [0.717, 1.165) is 33.6 Å². The average molecular weight is 656 g/mol. The van der Waals surface area contributed by atoms with Crippen LogP contribution >= 0.6 is 46.3 Å². The minimum absolute atomic E-state index is 0.185. The third-order valence-electron chi connectivity index (χ3n) is 7.29. The van der Waals surface area contributed by atoms with Gasteiger partial charge in [0.2, 0.25) is 17.7 Å². The van der Waals surface area contributed by atoms with Crippen molar-refractivity contribution in [1.82, 2.24) is 4.57 Å². The molecule has 3 heterocycles. The van der Waals surface area contributed by atoms with Gasteiger partial charge in [0.25, 0.3) is 5.69 Å². The van der Waals surface area contributed by atoms with E-state index in [2.05, 4.69) is 5.32 Å². The number of thiazole rings is 1. The van der Waals surface area contributed by atoms with Gasteiger partial charge in [-0.05, 0) is 48.4 Å². The highest BCUT2D eigenvalue weighted by atomic mass is 35.5. The summed E-state index contributed by atoms with van der Waals surface area (Å²) in [6.07, 6.45) is 0. The van der Waals surface area contributed by atoms with Gasteiger partial charge in [0.05, 0.1) is 31.6 Å². The molecule has 14 heteroatoms. The van der Waals surface area contributed by atoms with Crippen LogP contribution in [0.15, 0.2) is 76.6 Å². The zero-order valence-corrected chi connectivity index (χ0v) is 25.3. The summed E-state index contributed by atoms with van der Waals surface area (Å²) in [6.45, 7) is 1.58. The van der Waals surface area contributed by atoms with Crippen molar-refractivity contribution >= 4 is 81.1 Å². The van der Waals surface area contributed by atoms with Gasteiger partial charge in [0, 0.05) is 28.6 Å². The van der Waals surface area contributed by atoms with E-state index < -0.39 is 44.6 Å². The number of aromatic nitrogens is 1. The highest BCUT2D eigenvalue weighted by molar-refractivity contribution is 8.00. The average Bonchev–Trinajstić information content (AvgIpc) is 3.41. The Bertz CT molecular complexity index is 1890. The number of hydrogen-bond acceptors (Lipinski definition) is 8. The molecule has 10 nitrogen and oxygen atoms in total. The van der Waals surface area contributed by atoms with Crippen molar-refractivity contribution in [2.75, 3.05) is 10.2 Å². The molecule has 0 bridgehead atoms. The summed E-state index contributed by atoms with van der Waals surface area (Å²) in [5.74, 6) is -3.28. The van der Waals surface area contributed by atoms with E-state index in [9.17, 15) is 29.3 Å². The van der Waals surface area contributed by atoms with E-state index in [1.54, 1.807) is 36.4 Å². The molecule has 2 aliphatic rings. The fourth-order valence-electron chi connectivity index (χ4n) is 5.40. The molecule has 0 saturated carbocycles. The van der Waals surface area contributed by atoms with Crippen LogP contribution in [0.3, 0.4) is 0 Å². The monoisotopic (exact) mass is 654 g/mol. The third-order valence-corrected chi connectivity index (χ3v) is 10.7. The first-order valence-electron chi connectivity index (χ1n) is 12.9. The Hall–Kier alpha value is -3.97.